The maximum absolute atomic E-state index is 13.2. The van der Waals surface area contributed by atoms with Crippen LogP contribution < -0.4 is 11.3 Å². The van der Waals surface area contributed by atoms with Crippen LogP contribution in [0.15, 0.2) is 18.2 Å². The first-order valence-electron chi connectivity index (χ1n) is 4.32. The number of carboxylic acid groups (broad SMARTS) is 1. The van der Waals surface area contributed by atoms with Crippen molar-refractivity contribution in [2.45, 2.75) is 12.2 Å². The molecule has 0 aliphatic carbocycles. The van der Waals surface area contributed by atoms with Gasteiger partial charge >= 0.3 is 5.97 Å². The van der Waals surface area contributed by atoms with Gasteiger partial charge in [0.2, 0.25) is 0 Å². The third-order valence-electron chi connectivity index (χ3n) is 2.04. The second-order valence-corrected chi connectivity index (χ2v) is 3.11. The quantitative estimate of drug-likeness (QED) is 0.354. The molecule has 0 radical (unpaired) electrons. The van der Waals surface area contributed by atoms with E-state index in [-0.39, 0.29) is 11.3 Å². The first kappa shape index (κ1) is 12.4. The van der Waals surface area contributed by atoms with Crippen molar-refractivity contribution in [2.75, 3.05) is 5.43 Å². The molecule has 7 heteroatoms. The van der Waals surface area contributed by atoms with Gasteiger partial charge in [-0.15, -0.1) is 0 Å². The molecule has 6 nitrogen and oxygen atoms in total. The van der Waals surface area contributed by atoms with Gasteiger partial charge in [-0.1, -0.05) is 6.07 Å². The second kappa shape index (κ2) is 4.88. The Morgan fingerprint density at radius 2 is 2.06 bits per heavy atom. The van der Waals surface area contributed by atoms with E-state index in [1.54, 1.807) is 0 Å². The Hall–Kier alpha value is -1.70. The van der Waals surface area contributed by atoms with Crippen LogP contribution in [0.1, 0.15) is 11.7 Å². The number of hydrogen-bond acceptors (Lipinski definition) is 5. The standard InChI is InChI=1S/C9H11FN2O4/c10-5-3-4(1-2-6(5)12-11)7(13)8(14)9(15)16/h1-3,7-8,12-14H,11H2,(H,15,16). The summed E-state index contributed by atoms with van der Waals surface area (Å²) in [5.41, 5.74) is 2.03. The molecule has 0 saturated heterocycles. The van der Waals surface area contributed by atoms with Gasteiger partial charge in [-0.05, 0) is 17.7 Å². The topological polar surface area (TPSA) is 116 Å². The smallest absolute Gasteiger partial charge is 0.335 e. The Kier molecular flexibility index (Phi) is 3.78. The zero-order valence-corrected chi connectivity index (χ0v) is 8.09. The molecule has 16 heavy (non-hydrogen) atoms. The van der Waals surface area contributed by atoms with Gasteiger partial charge in [0.25, 0.3) is 0 Å². The molecule has 0 aliphatic rings. The van der Waals surface area contributed by atoms with Crippen molar-refractivity contribution in [3.8, 4) is 0 Å². The molecule has 2 unspecified atom stereocenters. The maximum atomic E-state index is 13.2. The number of carboxylic acids is 1. The van der Waals surface area contributed by atoms with E-state index >= 15 is 0 Å². The number of aliphatic carboxylic acids is 1. The first-order chi connectivity index (χ1) is 7.47. The predicted molar refractivity (Wildman–Crippen MR) is 52.8 cm³/mol. The van der Waals surface area contributed by atoms with Crippen molar-refractivity contribution >= 4 is 11.7 Å². The third kappa shape index (κ3) is 2.45. The summed E-state index contributed by atoms with van der Waals surface area (Å²) in [6, 6.07) is 3.38. The van der Waals surface area contributed by atoms with Crippen molar-refractivity contribution < 1.29 is 24.5 Å². The van der Waals surface area contributed by atoms with Gasteiger partial charge in [0, 0.05) is 0 Å². The lowest BCUT2D eigenvalue weighted by molar-refractivity contribution is -0.153. The molecule has 0 aliphatic heterocycles. The Balaban J connectivity index is 2.97. The van der Waals surface area contributed by atoms with Crippen LogP contribution in [0.3, 0.4) is 0 Å². The van der Waals surface area contributed by atoms with Gasteiger partial charge in [-0.2, -0.15) is 0 Å². The van der Waals surface area contributed by atoms with E-state index in [0.717, 1.165) is 6.07 Å². The minimum absolute atomic E-state index is 0.000708. The molecule has 1 rings (SSSR count). The Morgan fingerprint density at radius 3 is 2.50 bits per heavy atom. The number of anilines is 1. The molecule has 0 amide bonds. The highest BCUT2D eigenvalue weighted by Gasteiger charge is 2.25. The number of rotatable bonds is 4. The molecule has 0 spiro atoms. The van der Waals surface area contributed by atoms with Crippen LogP contribution in [0.5, 0.6) is 0 Å². The summed E-state index contributed by atoms with van der Waals surface area (Å²) in [5.74, 6) is 2.65. The number of nitrogen functional groups attached to an aromatic ring is 1. The molecule has 6 N–H and O–H groups in total. The summed E-state index contributed by atoms with van der Waals surface area (Å²) in [5, 5.41) is 26.9. The number of halogens is 1. The minimum Gasteiger partial charge on any atom is -0.479 e. The largest absolute Gasteiger partial charge is 0.479 e. The number of benzene rings is 1. The van der Waals surface area contributed by atoms with Crippen molar-refractivity contribution in [2.24, 2.45) is 5.84 Å². The SMILES string of the molecule is NNc1ccc(C(O)C(O)C(=O)O)cc1F. The predicted octanol–water partition coefficient (Wildman–Crippen LogP) is -0.410. The third-order valence-corrected chi connectivity index (χ3v) is 2.04. The Bertz CT molecular complexity index is 399. The monoisotopic (exact) mass is 230 g/mol. The van der Waals surface area contributed by atoms with E-state index in [2.05, 4.69) is 5.43 Å². The van der Waals surface area contributed by atoms with Gasteiger partial charge in [0.1, 0.15) is 11.9 Å². The molecule has 0 fully saturated rings. The zero-order valence-electron chi connectivity index (χ0n) is 8.09. The Labute approximate surface area is 90.1 Å². The van der Waals surface area contributed by atoms with Crippen molar-refractivity contribution in [1.82, 2.24) is 0 Å². The molecule has 1 aromatic carbocycles. The summed E-state index contributed by atoms with van der Waals surface area (Å²) in [6.07, 6.45) is -3.70. The minimum atomic E-state index is -2.00. The first-order valence-corrected chi connectivity index (χ1v) is 4.32. The zero-order chi connectivity index (χ0) is 12.3. The lowest BCUT2D eigenvalue weighted by Crippen LogP contribution is -2.27. The van der Waals surface area contributed by atoms with Crippen LogP contribution in [0.25, 0.3) is 0 Å². The van der Waals surface area contributed by atoms with Gasteiger partial charge in [-0.3, -0.25) is 5.84 Å². The number of aliphatic hydroxyl groups is 2. The maximum Gasteiger partial charge on any atom is 0.335 e. The lowest BCUT2D eigenvalue weighted by atomic mass is 10.0. The highest BCUT2D eigenvalue weighted by Crippen LogP contribution is 2.22. The van der Waals surface area contributed by atoms with Crippen molar-refractivity contribution in [1.29, 1.82) is 0 Å². The lowest BCUT2D eigenvalue weighted by Gasteiger charge is -2.15. The molecule has 0 saturated carbocycles. The van der Waals surface area contributed by atoms with Gasteiger partial charge in [-0.25, -0.2) is 9.18 Å². The molecule has 0 aromatic heterocycles. The summed E-state index contributed by atoms with van der Waals surface area (Å²) in [4.78, 5) is 10.4. The Morgan fingerprint density at radius 1 is 1.44 bits per heavy atom. The van der Waals surface area contributed by atoms with Crippen LogP contribution in [-0.2, 0) is 4.79 Å². The average Bonchev–Trinajstić information content (AvgIpc) is 2.26. The molecule has 2 atom stereocenters. The molecule has 1 aromatic rings. The van der Waals surface area contributed by atoms with E-state index in [4.69, 9.17) is 16.1 Å². The summed E-state index contributed by atoms with van der Waals surface area (Å²) in [6.45, 7) is 0. The number of hydrogen-bond donors (Lipinski definition) is 5. The van der Waals surface area contributed by atoms with Gasteiger partial charge in [0.15, 0.2) is 6.10 Å². The van der Waals surface area contributed by atoms with Gasteiger partial charge in [0.05, 0.1) is 5.69 Å². The average molecular weight is 230 g/mol. The molecule has 0 bridgehead atoms. The second-order valence-electron chi connectivity index (χ2n) is 3.11. The van der Waals surface area contributed by atoms with E-state index in [9.17, 15) is 14.3 Å². The molecule has 0 heterocycles. The highest BCUT2D eigenvalue weighted by molar-refractivity contribution is 5.73. The molecular formula is C9H11FN2O4. The number of aliphatic hydroxyl groups excluding tert-OH is 2. The van der Waals surface area contributed by atoms with E-state index in [0.29, 0.717) is 0 Å². The van der Waals surface area contributed by atoms with Crippen LogP contribution >= 0.6 is 0 Å². The van der Waals surface area contributed by atoms with E-state index in [1.165, 1.54) is 12.1 Å². The summed E-state index contributed by atoms with van der Waals surface area (Å²) < 4.78 is 13.2. The summed E-state index contributed by atoms with van der Waals surface area (Å²) in [7, 11) is 0. The van der Waals surface area contributed by atoms with Crippen LogP contribution in [0.4, 0.5) is 10.1 Å². The summed E-state index contributed by atoms with van der Waals surface area (Å²) >= 11 is 0. The van der Waals surface area contributed by atoms with Crippen LogP contribution in [0.2, 0.25) is 0 Å². The number of nitrogens with two attached hydrogens (primary N) is 1. The number of nitrogens with one attached hydrogen (secondary N) is 1. The molecular weight excluding hydrogens is 219 g/mol. The molecule has 88 valence electrons. The number of hydrazine groups is 1. The van der Waals surface area contributed by atoms with E-state index < -0.39 is 24.0 Å². The van der Waals surface area contributed by atoms with Crippen LogP contribution in [0, 0.1) is 5.82 Å². The van der Waals surface area contributed by atoms with Gasteiger partial charge < -0.3 is 20.7 Å². The fourth-order valence-corrected chi connectivity index (χ4v) is 1.15. The van der Waals surface area contributed by atoms with Crippen LogP contribution in [-0.4, -0.2) is 27.4 Å². The normalized spacial score (nSPS) is 14.2. The number of carbonyl (C=O) groups is 1. The fourth-order valence-electron chi connectivity index (χ4n) is 1.15. The van der Waals surface area contributed by atoms with Crippen molar-refractivity contribution in [3.05, 3.63) is 29.6 Å². The van der Waals surface area contributed by atoms with Crippen molar-refractivity contribution in [3.63, 3.8) is 0 Å². The fraction of sp³-hybridized carbons (Fsp3) is 0.222. The highest BCUT2D eigenvalue weighted by atomic mass is 19.1. The van der Waals surface area contributed by atoms with E-state index in [1.807, 2.05) is 0 Å².